The fraction of sp³-hybridized carbons (Fsp3) is 0.980. The Morgan fingerprint density at radius 2 is 0.847 bits per heavy atom. The van der Waals surface area contributed by atoms with Gasteiger partial charge in [0.2, 0.25) is 5.91 Å². The maximum absolute atomic E-state index is 13.0. The third kappa shape index (κ3) is 30.8. The zero-order valence-corrected chi connectivity index (χ0v) is 38.9. The monoisotopic (exact) mass is 842 g/mol. The van der Waals surface area contributed by atoms with E-state index in [0.717, 1.165) is 38.5 Å². The first kappa shape index (κ1) is 56.2. The molecule has 1 amide bonds. The normalized spacial score (nSPS) is 21.1. The molecule has 0 aromatic heterocycles. The Hall–Kier alpha value is -0.810. The highest BCUT2D eigenvalue weighted by atomic mass is 16.7. The van der Waals surface area contributed by atoms with Crippen molar-refractivity contribution in [2.24, 2.45) is 0 Å². The van der Waals surface area contributed by atoms with Gasteiger partial charge in [-0.3, -0.25) is 4.79 Å². The molecule has 9 heteroatoms. The molecule has 1 fully saturated rings. The van der Waals surface area contributed by atoms with Crippen LogP contribution in [0, 0.1) is 0 Å². The maximum Gasteiger partial charge on any atom is 0.220 e. The summed E-state index contributed by atoms with van der Waals surface area (Å²) in [7, 11) is 0. The highest BCUT2D eigenvalue weighted by Crippen LogP contribution is 2.23. The first-order valence-corrected chi connectivity index (χ1v) is 25.7. The maximum atomic E-state index is 13.0. The number of aliphatic hydroxyl groups is 5. The molecular formula is C50H99NO8. The van der Waals surface area contributed by atoms with Crippen molar-refractivity contribution in [2.45, 2.75) is 307 Å². The number of nitrogens with one attached hydrogen (secondary N) is 1. The van der Waals surface area contributed by atoms with Crippen LogP contribution in [0.3, 0.4) is 0 Å². The van der Waals surface area contributed by atoms with Crippen LogP contribution in [0.5, 0.6) is 0 Å². The summed E-state index contributed by atoms with van der Waals surface area (Å²) in [6, 6.07) is -0.922. The molecule has 1 rings (SSSR count). The summed E-state index contributed by atoms with van der Waals surface area (Å²) in [5, 5.41) is 55.7. The summed E-state index contributed by atoms with van der Waals surface area (Å²) in [4.78, 5) is 13.0. The molecule has 0 bridgehead atoms. The minimum Gasteiger partial charge on any atom is -0.390 e. The molecule has 0 spiro atoms. The van der Waals surface area contributed by atoms with Gasteiger partial charge in [0.05, 0.1) is 24.9 Å². The van der Waals surface area contributed by atoms with Gasteiger partial charge < -0.3 is 40.3 Å². The Labute approximate surface area is 364 Å². The molecule has 352 valence electrons. The predicted octanol–water partition coefficient (Wildman–Crippen LogP) is 11.5. The zero-order valence-electron chi connectivity index (χ0n) is 38.9. The van der Waals surface area contributed by atoms with E-state index in [9.17, 15) is 30.3 Å². The standard InChI is InChI=1S/C50H99NO8/c1-4-6-8-10-12-14-16-18-19-20-21-22-23-24-25-26-27-28-30-32-34-36-38-40-45(53)51-43(41-58-50-49(57)48(56)46(54)42(3)59-50)47(55)44(52)39-37-35-33-31-29-17-15-13-11-9-7-5-2/h42-44,46-50,52,54-57H,4-41H2,1-3H3,(H,51,53)/t42?,43-,44+,46-,47-,48+,49?,50?/m0/s1. The first-order valence-electron chi connectivity index (χ1n) is 25.7. The number of hydrogen-bond donors (Lipinski definition) is 6. The van der Waals surface area contributed by atoms with E-state index in [1.165, 1.54) is 186 Å². The Kier molecular flexibility index (Phi) is 38.1. The highest BCUT2D eigenvalue weighted by molar-refractivity contribution is 5.76. The molecule has 0 aliphatic carbocycles. The average molecular weight is 842 g/mol. The van der Waals surface area contributed by atoms with Crippen molar-refractivity contribution in [1.82, 2.24) is 5.32 Å². The molecule has 0 radical (unpaired) electrons. The molecule has 0 aromatic rings. The number of ether oxygens (including phenoxy) is 2. The fourth-order valence-corrected chi connectivity index (χ4v) is 8.56. The van der Waals surface area contributed by atoms with Crippen LogP contribution in [0.1, 0.15) is 258 Å². The van der Waals surface area contributed by atoms with Gasteiger partial charge in [-0.15, -0.1) is 0 Å². The topological polar surface area (TPSA) is 149 Å². The zero-order chi connectivity index (χ0) is 43.2. The molecule has 1 aliphatic rings. The molecule has 8 atom stereocenters. The summed E-state index contributed by atoms with van der Waals surface area (Å²) in [6.07, 6.45) is 37.1. The molecule has 1 heterocycles. The number of carbonyl (C=O) groups excluding carboxylic acids is 1. The van der Waals surface area contributed by atoms with E-state index in [2.05, 4.69) is 19.2 Å². The molecular weight excluding hydrogens is 743 g/mol. The largest absolute Gasteiger partial charge is 0.390 e. The molecule has 0 saturated carbocycles. The second kappa shape index (κ2) is 40.0. The summed E-state index contributed by atoms with van der Waals surface area (Å²) >= 11 is 0. The number of carbonyl (C=O) groups is 1. The van der Waals surface area contributed by atoms with E-state index in [1.54, 1.807) is 6.92 Å². The van der Waals surface area contributed by atoms with Gasteiger partial charge in [0, 0.05) is 6.42 Å². The summed E-state index contributed by atoms with van der Waals surface area (Å²) in [6.45, 7) is 5.88. The van der Waals surface area contributed by atoms with Crippen molar-refractivity contribution < 1.29 is 39.8 Å². The van der Waals surface area contributed by atoms with Crippen LogP contribution in [0.25, 0.3) is 0 Å². The molecule has 59 heavy (non-hydrogen) atoms. The second-order valence-corrected chi connectivity index (χ2v) is 18.5. The van der Waals surface area contributed by atoms with Crippen molar-refractivity contribution >= 4 is 5.91 Å². The highest BCUT2D eigenvalue weighted by Gasteiger charge is 2.43. The Balaban J connectivity index is 2.23. The van der Waals surface area contributed by atoms with E-state index in [1.807, 2.05) is 0 Å². The van der Waals surface area contributed by atoms with E-state index >= 15 is 0 Å². The molecule has 6 N–H and O–H groups in total. The minimum atomic E-state index is -1.49. The van der Waals surface area contributed by atoms with Crippen molar-refractivity contribution in [3.05, 3.63) is 0 Å². The van der Waals surface area contributed by atoms with Crippen LogP contribution in [-0.4, -0.2) is 87.0 Å². The van der Waals surface area contributed by atoms with Gasteiger partial charge in [-0.2, -0.15) is 0 Å². The Bertz CT molecular complexity index is 910. The van der Waals surface area contributed by atoms with Crippen LogP contribution in [-0.2, 0) is 14.3 Å². The molecule has 3 unspecified atom stereocenters. The molecule has 1 saturated heterocycles. The van der Waals surface area contributed by atoms with E-state index in [4.69, 9.17) is 9.47 Å². The summed E-state index contributed by atoms with van der Waals surface area (Å²) in [5.74, 6) is -0.215. The Morgan fingerprint density at radius 1 is 0.508 bits per heavy atom. The van der Waals surface area contributed by atoms with Gasteiger partial charge in [0.15, 0.2) is 6.29 Å². The number of unbranched alkanes of at least 4 members (excludes halogenated alkanes) is 33. The van der Waals surface area contributed by atoms with Crippen LogP contribution in [0.15, 0.2) is 0 Å². The third-order valence-corrected chi connectivity index (χ3v) is 12.8. The van der Waals surface area contributed by atoms with Crippen LogP contribution < -0.4 is 5.32 Å². The van der Waals surface area contributed by atoms with Crippen LogP contribution in [0.2, 0.25) is 0 Å². The summed E-state index contributed by atoms with van der Waals surface area (Å²) in [5.41, 5.74) is 0. The fourth-order valence-electron chi connectivity index (χ4n) is 8.56. The van der Waals surface area contributed by atoms with E-state index in [-0.39, 0.29) is 12.5 Å². The van der Waals surface area contributed by atoms with Gasteiger partial charge in [-0.05, 0) is 19.8 Å². The molecule has 0 aromatic carbocycles. The van der Waals surface area contributed by atoms with Gasteiger partial charge in [-0.25, -0.2) is 0 Å². The third-order valence-electron chi connectivity index (χ3n) is 12.8. The number of aliphatic hydroxyl groups excluding tert-OH is 5. The van der Waals surface area contributed by atoms with Gasteiger partial charge in [-0.1, -0.05) is 232 Å². The van der Waals surface area contributed by atoms with E-state index < -0.39 is 49.0 Å². The first-order chi connectivity index (χ1) is 28.7. The Morgan fingerprint density at radius 3 is 1.22 bits per heavy atom. The van der Waals surface area contributed by atoms with Gasteiger partial charge >= 0.3 is 0 Å². The lowest BCUT2D eigenvalue weighted by molar-refractivity contribution is -0.295. The van der Waals surface area contributed by atoms with Crippen molar-refractivity contribution in [3.8, 4) is 0 Å². The lowest BCUT2D eigenvalue weighted by Crippen LogP contribution is -2.58. The van der Waals surface area contributed by atoms with E-state index in [0.29, 0.717) is 12.8 Å². The lowest BCUT2D eigenvalue weighted by atomic mass is 9.98. The van der Waals surface area contributed by atoms with Crippen molar-refractivity contribution in [3.63, 3.8) is 0 Å². The summed E-state index contributed by atoms with van der Waals surface area (Å²) < 4.78 is 11.3. The smallest absolute Gasteiger partial charge is 0.220 e. The number of rotatable bonds is 43. The van der Waals surface area contributed by atoms with Crippen molar-refractivity contribution in [1.29, 1.82) is 0 Å². The van der Waals surface area contributed by atoms with Crippen LogP contribution >= 0.6 is 0 Å². The SMILES string of the molecule is CCCCCCCCCCCCCCCCCCCCCCCCCC(=O)N[C@@H](COC1OC(C)[C@H](O)[C@@H](O)C1O)[C@H](O)[C@H](O)CCCCCCCCCCCCCC. The minimum absolute atomic E-state index is 0.215. The second-order valence-electron chi connectivity index (χ2n) is 18.5. The predicted molar refractivity (Wildman–Crippen MR) is 244 cm³/mol. The van der Waals surface area contributed by atoms with Gasteiger partial charge in [0.1, 0.15) is 24.4 Å². The number of hydrogen-bond acceptors (Lipinski definition) is 8. The average Bonchev–Trinajstić information content (AvgIpc) is 3.23. The lowest BCUT2D eigenvalue weighted by Gasteiger charge is -2.39. The number of amides is 1. The molecule has 9 nitrogen and oxygen atoms in total. The van der Waals surface area contributed by atoms with Gasteiger partial charge in [0.25, 0.3) is 0 Å². The molecule has 1 aliphatic heterocycles. The van der Waals surface area contributed by atoms with Crippen molar-refractivity contribution in [2.75, 3.05) is 6.61 Å². The van der Waals surface area contributed by atoms with Crippen LogP contribution in [0.4, 0.5) is 0 Å². The quantitative estimate of drug-likeness (QED) is 0.0332.